The largest absolute Gasteiger partial charge is 0.364 e. The molecule has 0 heterocycles. The molecule has 2 rings (SSSR count). The lowest BCUT2D eigenvalue weighted by Crippen LogP contribution is -2.13. The molecule has 14 heavy (non-hydrogen) atoms. The molecule has 0 aliphatic carbocycles. The maximum absolute atomic E-state index is 3.46. The SMILES string of the molecule is CN(CBr)c1cccc2ccccc12. The van der Waals surface area contributed by atoms with Gasteiger partial charge in [0.25, 0.3) is 0 Å². The molecule has 0 atom stereocenters. The van der Waals surface area contributed by atoms with E-state index in [1.807, 2.05) is 0 Å². The van der Waals surface area contributed by atoms with Crippen LogP contribution >= 0.6 is 15.9 Å². The molecule has 2 heteroatoms. The van der Waals surface area contributed by atoms with Crippen LogP contribution in [0.5, 0.6) is 0 Å². The molecule has 0 aliphatic rings. The number of alkyl halides is 1. The van der Waals surface area contributed by atoms with Crippen LogP contribution in [0.4, 0.5) is 5.69 Å². The highest BCUT2D eigenvalue weighted by Gasteiger charge is 2.02. The lowest BCUT2D eigenvalue weighted by molar-refractivity contribution is 1.12. The maximum atomic E-state index is 3.46. The van der Waals surface area contributed by atoms with Crippen LogP contribution < -0.4 is 4.90 Å². The topological polar surface area (TPSA) is 3.24 Å². The third-order valence-electron chi connectivity index (χ3n) is 2.36. The highest BCUT2D eigenvalue weighted by molar-refractivity contribution is 9.09. The van der Waals surface area contributed by atoms with E-state index in [1.54, 1.807) is 0 Å². The van der Waals surface area contributed by atoms with Crippen molar-refractivity contribution in [2.45, 2.75) is 0 Å². The van der Waals surface area contributed by atoms with Crippen LogP contribution in [0.1, 0.15) is 0 Å². The zero-order valence-electron chi connectivity index (χ0n) is 8.07. The van der Waals surface area contributed by atoms with Crippen molar-refractivity contribution < 1.29 is 0 Å². The van der Waals surface area contributed by atoms with E-state index < -0.39 is 0 Å². The summed E-state index contributed by atoms with van der Waals surface area (Å²) in [7, 11) is 2.08. The molecule has 0 spiro atoms. The Morgan fingerprint density at radius 2 is 1.79 bits per heavy atom. The highest BCUT2D eigenvalue weighted by atomic mass is 79.9. The quantitative estimate of drug-likeness (QED) is 0.581. The molecule has 0 aliphatic heterocycles. The molecule has 0 fully saturated rings. The molecule has 0 N–H and O–H groups in total. The Balaban J connectivity index is 2.65. The van der Waals surface area contributed by atoms with Gasteiger partial charge in [0.15, 0.2) is 0 Å². The summed E-state index contributed by atoms with van der Waals surface area (Å²) >= 11 is 3.46. The Bertz CT molecular complexity index is 434. The highest BCUT2D eigenvalue weighted by Crippen LogP contribution is 2.25. The second-order valence-corrected chi connectivity index (χ2v) is 3.82. The third-order valence-corrected chi connectivity index (χ3v) is 3.11. The van der Waals surface area contributed by atoms with Crippen molar-refractivity contribution in [3.8, 4) is 0 Å². The molecule has 0 saturated heterocycles. The number of benzene rings is 2. The van der Waals surface area contributed by atoms with Gasteiger partial charge in [0.2, 0.25) is 0 Å². The Morgan fingerprint density at radius 1 is 1.07 bits per heavy atom. The molecule has 0 saturated carbocycles. The van der Waals surface area contributed by atoms with Crippen LogP contribution in [-0.2, 0) is 0 Å². The maximum Gasteiger partial charge on any atom is 0.0732 e. The summed E-state index contributed by atoms with van der Waals surface area (Å²) in [6.45, 7) is 0. The lowest BCUT2D eigenvalue weighted by atomic mass is 10.1. The van der Waals surface area contributed by atoms with E-state index in [-0.39, 0.29) is 0 Å². The van der Waals surface area contributed by atoms with Gasteiger partial charge in [-0.3, -0.25) is 0 Å². The number of hydrogen-bond donors (Lipinski definition) is 0. The predicted octanol–water partition coefficient (Wildman–Crippen LogP) is 3.63. The minimum Gasteiger partial charge on any atom is -0.364 e. The minimum atomic E-state index is 0.848. The summed E-state index contributed by atoms with van der Waals surface area (Å²) in [5.74, 6) is 0. The molecule has 2 aromatic rings. The van der Waals surface area contributed by atoms with Crippen molar-refractivity contribution in [2.75, 3.05) is 17.4 Å². The van der Waals surface area contributed by atoms with Crippen molar-refractivity contribution in [3.63, 3.8) is 0 Å². The van der Waals surface area contributed by atoms with Gasteiger partial charge in [-0.2, -0.15) is 0 Å². The first-order chi connectivity index (χ1) is 6.83. The lowest BCUT2D eigenvalue weighted by Gasteiger charge is -2.17. The standard InChI is InChI=1S/C12H12BrN/c1-14(9-13)12-8-4-6-10-5-2-3-7-11(10)12/h2-8H,9H2,1H3. The van der Waals surface area contributed by atoms with E-state index in [4.69, 9.17) is 0 Å². The van der Waals surface area contributed by atoms with Crippen molar-refractivity contribution in [3.05, 3.63) is 42.5 Å². The number of anilines is 1. The Labute approximate surface area is 92.5 Å². The summed E-state index contributed by atoms with van der Waals surface area (Å²) in [4.78, 5) is 2.18. The molecule has 0 radical (unpaired) electrons. The number of nitrogens with zero attached hydrogens (tertiary/aromatic N) is 1. The van der Waals surface area contributed by atoms with Gasteiger partial charge in [-0.05, 0) is 11.5 Å². The summed E-state index contributed by atoms with van der Waals surface area (Å²) in [6, 6.07) is 14.8. The van der Waals surface area contributed by atoms with Gasteiger partial charge in [0.05, 0.1) is 5.45 Å². The second kappa shape index (κ2) is 4.01. The molecule has 0 amide bonds. The monoisotopic (exact) mass is 249 g/mol. The van der Waals surface area contributed by atoms with Crippen molar-refractivity contribution in [1.82, 2.24) is 0 Å². The molecular weight excluding hydrogens is 238 g/mol. The average Bonchev–Trinajstić information content (AvgIpc) is 2.27. The van der Waals surface area contributed by atoms with Gasteiger partial charge in [-0.1, -0.05) is 52.3 Å². The van der Waals surface area contributed by atoms with Gasteiger partial charge in [0, 0.05) is 18.1 Å². The molecule has 2 aromatic carbocycles. The number of halogens is 1. The molecule has 72 valence electrons. The Kier molecular flexibility index (Phi) is 2.73. The third kappa shape index (κ3) is 1.62. The van der Waals surface area contributed by atoms with E-state index in [1.165, 1.54) is 16.5 Å². The first-order valence-corrected chi connectivity index (χ1v) is 5.70. The normalized spacial score (nSPS) is 10.4. The number of rotatable bonds is 2. The molecule has 1 nitrogen and oxygen atoms in total. The zero-order chi connectivity index (χ0) is 9.97. The fourth-order valence-corrected chi connectivity index (χ4v) is 1.88. The van der Waals surface area contributed by atoms with Crippen LogP contribution in [-0.4, -0.2) is 12.5 Å². The molecule has 0 unspecified atom stereocenters. The average molecular weight is 250 g/mol. The first-order valence-electron chi connectivity index (χ1n) is 4.58. The molecule has 0 aromatic heterocycles. The van der Waals surface area contributed by atoms with Gasteiger partial charge >= 0.3 is 0 Å². The molecule has 0 bridgehead atoms. The van der Waals surface area contributed by atoms with Crippen molar-refractivity contribution in [1.29, 1.82) is 0 Å². The van der Waals surface area contributed by atoms with Gasteiger partial charge in [-0.15, -0.1) is 0 Å². The van der Waals surface area contributed by atoms with Crippen molar-refractivity contribution in [2.24, 2.45) is 0 Å². The first kappa shape index (κ1) is 9.53. The number of hydrogen-bond acceptors (Lipinski definition) is 1. The number of fused-ring (bicyclic) bond motifs is 1. The van der Waals surface area contributed by atoms with Crippen LogP contribution in [0.15, 0.2) is 42.5 Å². The summed E-state index contributed by atoms with van der Waals surface area (Å²) in [5, 5.41) is 2.59. The predicted molar refractivity (Wildman–Crippen MR) is 66.1 cm³/mol. The summed E-state index contributed by atoms with van der Waals surface area (Å²) in [6.07, 6.45) is 0. The van der Waals surface area contributed by atoms with E-state index in [9.17, 15) is 0 Å². The van der Waals surface area contributed by atoms with Crippen LogP contribution in [0.2, 0.25) is 0 Å². The van der Waals surface area contributed by atoms with Crippen LogP contribution in [0, 0.1) is 0 Å². The van der Waals surface area contributed by atoms with E-state index in [0.29, 0.717) is 0 Å². The van der Waals surface area contributed by atoms with Gasteiger partial charge in [-0.25, -0.2) is 0 Å². The summed E-state index contributed by atoms with van der Waals surface area (Å²) < 4.78 is 0. The fraction of sp³-hybridized carbons (Fsp3) is 0.167. The van der Waals surface area contributed by atoms with E-state index in [0.717, 1.165) is 5.45 Å². The van der Waals surface area contributed by atoms with Crippen molar-refractivity contribution >= 4 is 32.4 Å². The summed E-state index contributed by atoms with van der Waals surface area (Å²) in [5.41, 5.74) is 2.11. The zero-order valence-corrected chi connectivity index (χ0v) is 9.66. The smallest absolute Gasteiger partial charge is 0.0732 e. The van der Waals surface area contributed by atoms with E-state index in [2.05, 4.69) is 70.3 Å². The fourth-order valence-electron chi connectivity index (χ4n) is 1.61. The van der Waals surface area contributed by atoms with Crippen LogP contribution in [0.25, 0.3) is 10.8 Å². The van der Waals surface area contributed by atoms with Gasteiger partial charge in [0.1, 0.15) is 0 Å². The molecular formula is C12H12BrN. The van der Waals surface area contributed by atoms with E-state index >= 15 is 0 Å². The second-order valence-electron chi connectivity index (χ2n) is 3.32. The minimum absolute atomic E-state index is 0.848. The Morgan fingerprint density at radius 3 is 2.57 bits per heavy atom. The Hall–Kier alpha value is -1.02. The van der Waals surface area contributed by atoms with Crippen LogP contribution in [0.3, 0.4) is 0 Å². The van der Waals surface area contributed by atoms with Gasteiger partial charge < -0.3 is 4.90 Å².